The van der Waals surface area contributed by atoms with Crippen LogP contribution in [-0.2, 0) is 71.5 Å². The summed E-state index contributed by atoms with van der Waals surface area (Å²) < 4.78 is 38.5. The van der Waals surface area contributed by atoms with E-state index in [0.29, 0.717) is 45.3 Å². The van der Waals surface area contributed by atoms with Gasteiger partial charge in [0.25, 0.3) is 0 Å². The summed E-state index contributed by atoms with van der Waals surface area (Å²) in [4.78, 5) is 105. The van der Waals surface area contributed by atoms with Crippen molar-refractivity contribution in [3.63, 3.8) is 0 Å². The molecule has 0 aromatic heterocycles. The Morgan fingerprint density at radius 3 is 1.06 bits per heavy atom. The number of aliphatic hydroxyl groups is 9. The minimum atomic E-state index is -1.30. The number of hydrogen-bond acceptors (Lipinski definition) is 24. The highest BCUT2D eigenvalue weighted by Gasteiger charge is 2.45. The van der Waals surface area contributed by atoms with E-state index in [9.17, 15) is 84.3 Å². The molecule has 0 bridgehead atoms. The minimum Gasteiger partial charge on any atom is -0.394 e. The van der Waals surface area contributed by atoms with Crippen LogP contribution in [-0.4, -0.2) is 265 Å². The number of ether oxygens (including phenoxy) is 7. The first-order valence-corrected chi connectivity index (χ1v) is 31.6. The molecule has 520 valence electrons. The van der Waals surface area contributed by atoms with Gasteiger partial charge in [-0.25, -0.2) is 0 Å². The third-order valence-electron chi connectivity index (χ3n) is 16.2. The number of methoxy groups -OCH3 is 1. The van der Waals surface area contributed by atoms with Gasteiger partial charge in [0.2, 0.25) is 41.4 Å². The van der Waals surface area contributed by atoms with Crippen molar-refractivity contribution in [2.45, 2.75) is 216 Å². The van der Waals surface area contributed by atoms with Crippen molar-refractivity contribution in [1.82, 2.24) is 37.2 Å². The van der Waals surface area contributed by atoms with E-state index in [-0.39, 0.29) is 165 Å². The summed E-state index contributed by atoms with van der Waals surface area (Å²) in [5.74, 6) is -4.70. The maximum atomic E-state index is 13.8. The van der Waals surface area contributed by atoms with Crippen LogP contribution in [0.3, 0.4) is 0 Å². The summed E-state index contributed by atoms with van der Waals surface area (Å²) in [5.41, 5.74) is -1.28. The van der Waals surface area contributed by atoms with E-state index in [1.807, 2.05) is 0 Å². The van der Waals surface area contributed by atoms with Gasteiger partial charge in [0.05, 0.1) is 77.2 Å². The van der Waals surface area contributed by atoms with E-state index in [1.54, 1.807) is 27.9 Å². The molecular formula is C59H105N7O24. The number of hydrogen-bond donors (Lipinski definition) is 16. The van der Waals surface area contributed by atoms with Crippen LogP contribution in [0.1, 0.15) is 136 Å². The van der Waals surface area contributed by atoms with Gasteiger partial charge in [-0.1, -0.05) is 20.8 Å². The van der Waals surface area contributed by atoms with E-state index >= 15 is 0 Å². The molecule has 31 nitrogen and oxygen atoms in total. The summed E-state index contributed by atoms with van der Waals surface area (Å²) in [6, 6.07) is 0. The highest BCUT2D eigenvalue weighted by molar-refractivity contribution is 5.82. The average Bonchev–Trinajstić information content (AvgIpc) is 1.14. The average molecular weight is 1300 g/mol. The fraction of sp³-hybridized carbons (Fsp3) is 0.864. The first kappa shape index (κ1) is 79.6. The summed E-state index contributed by atoms with van der Waals surface area (Å²) in [6.07, 6.45) is -11.7. The number of rotatable bonds is 46. The van der Waals surface area contributed by atoms with Crippen molar-refractivity contribution in [2.24, 2.45) is 17.8 Å². The van der Waals surface area contributed by atoms with Gasteiger partial charge in [0.15, 0.2) is 18.9 Å². The van der Waals surface area contributed by atoms with Crippen LogP contribution in [0.15, 0.2) is 0 Å². The van der Waals surface area contributed by atoms with Gasteiger partial charge in [-0.3, -0.25) is 38.4 Å². The standard InChI is InChI=1S/C59H105N7O24/c1-36-50(78)53(81)40(33-67)88-56(36)85-30-17-46(74)60-23-6-5-11-39(70)14-20-59(66-49(77)13-7-12-43(71)65-28-10-29-84-4,21-15-44(72)61-24-8-26-63-47(75)18-31-86-57-37(2)51(79)54(82)41(34-68)89-57)22-16-45(73)62-25-9-27-64-48(76)19-32-87-58-38(3)52(80)55(83)42(35-69)90-58/h36-38,40-42,50-58,67-69,78-83H,5-35H2,1-4H3,(H,60,74)(H,61,72)(H,62,73)(H,63,75)(H,64,76)(H,65,71)(H,66,77)/t36?,37?,38?,40?,41?,42?,50-,51-,52-,53+,54+,55+,56-,57-,58-,59?/m1/s1. The Balaban J connectivity index is 1.61. The number of aliphatic hydroxyl groups excluding tert-OH is 9. The lowest BCUT2D eigenvalue weighted by molar-refractivity contribution is -0.282. The van der Waals surface area contributed by atoms with Crippen molar-refractivity contribution < 1.29 is 117 Å². The monoisotopic (exact) mass is 1300 g/mol. The fourth-order valence-corrected chi connectivity index (χ4v) is 10.3. The second-order valence-corrected chi connectivity index (χ2v) is 23.4. The van der Waals surface area contributed by atoms with Gasteiger partial charge in [0, 0.05) is 115 Å². The molecular weight excluding hydrogens is 1190 g/mol. The van der Waals surface area contributed by atoms with E-state index in [2.05, 4.69) is 37.2 Å². The number of amides is 7. The number of carbonyl (C=O) groups excluding carboxylic acids is 8. The molecule has 6 unspecified atom stereocenters. The van der Waals surface area contributed by atoms with Gasteiger partial charge in [-0.05, 0) is 57.8 Å². The number of carbonyl (C=O) groups is 8. The van der Waals surface area contributed by atoms with E-state index in [0.717, 1.165) is 0 Å². The molecule has 31 heteroatoms. The first-order chi connectivity index (χ1) is 43.0. The van der Waals surface area contributed by atoms with Gasteiger partial charge < -0.3 is 116 Å². The number of Topliss-reactive ketones (excluding diaryl/α,β-unsaturated/α-hetero) is 1. The second kappa shape index (κ2) is 44.0. The van der Waals surface area contributed by atoms with Gasteiger partial charge in [-0.2, -0.15) is 0 Å². The van der Waals surface area contributed by atoms with Crippen molar-refractivity contribution in [3.8, 4) is 0 Å². The maximum Gasteiger partial charge on any atom is 0.222 e. The maximum absolute atomic E-state index is 13.8. The lowest BCUT2D eigenvalue weighted by Crippen LogP contribution is -2.55. The van der Waals surface area contributed by atoms with Crippen molar-refractivity contribution in [1.29, 1.82) is 0 Å². The van der Waals surface area contributed by atoms with Crippen LogP contribution in [0, 0.1) is 17.8 Å². The van der Waals surface area contributed by atoms with Crippen LogP contribution < -0.4 is 37.2 Å². The second-order valence-electron chi connectivity index (χ2n) is 23.4. The van der Waals surface area contributed by atoms with Crippen molar-refractivity contribution in [3.05, 3.63) is 0 Å². The van der Waals surface area contributed by atoms with E-state index in [4.69, 9.17) is 33.2 Å². The van der Waals surface area contributed by atoms with Crippen LogP contribution in [0.5, 0.6) is 0 Å². The zero-order valence-corrected chi connectivity index (χ0v) is 52.7. The Morgan fingerprint density at radius 1 is 0.367 bits per heavy atom. The predicted molar refractivity (Wildman–Crippen MR) is 318 cm³/mol. The summed E-state index contributed by atoms with van der Waals surface area (Å²) in [5, 5.41) is 109. The molecule has 0 radical (unpaired) electrons. The lowest BCUT2D eigenvalue weighted by Gasteiger charge is -2.40. The summed E-state index contributed by atoms with van der Waals surface area (Å²) >= 11 is 0. The normalized spacial score (nSPS) is 27.4. The SMILES string of the molecule is COCCCNC(=O)CCCC(=O)NC(CCC(=O)CCCCNC(=O)CCO[C@@H]1OC(CO)[C@H](O)[C@H](O)C1C)(CCC(=O)NCCCNC(=O)CCO[C@@H]1OC(CO)[C@H](O)[C@H](O)C1C)CCC(=O)NCCCNC(=O)CCO[C@@H]1OC(CO)[C@H](O)[C@H](O)C1C. The molecule has 3 saturated heterocycles. The Morgan fingerprint density at radius 2 is 0.689 bits per heavy atom. The molecule has 0 saturated carbocycles. The largest absolute Gasteiger partial charge is 0.394 e. The molecule has 0 aliphatic carbocycles. The van der Waals surface area contributed by atoms with Gasteiger partial charge in [0.1, 0.15) is 42.4 Å². The number of ketones is 1. The third kappa shape index (κ3) is 29.5. The molecule has 3 rings (SSSR count). The Kier molecular flexibility index (Phi) is 38.9. The molecule has 0 spiro atoms. The Hall–Kier alpha value is -4.68. The fourth-order valence-electron chi connectivity index (χ4n) is 10.3. The predicted octanol–water partition coefficient (Wildman–Crippen LogP) is -3.95. The van der Waals surface area contributed by atoms with E-state index < -0.39 is 135 Å². The molecule has 15 atom stereocenters. The van der Waals surface area contributed by atoms with Crippen LogP contribution >= 0.6 is 0 Å². The van der Waals surface area contributed by atoms with Crippen LogP contribution in [0.4, 0.5) is 0 Å². The molecule has 0 aromatic rings. The highest BCUT2D eigenvalue weighted by atomic mass is 16.7. The number of nitrogens with one attached hydrogen (secondary N) is 7. The molecule has 3 fully saturated rings. The molecule has 90 heavy (non-hydrogen) atoms. The summed E-state index contributed by atoms with van der Waals surface area (Å²) in [7, 11) is 1.55. The van der Waals surface area contributed by atoms with Crippen molar-refractivity contribution >= 4 is 47.1 Å². The molecule has 16 N–H and O–H groups in total. The molecule has 7 amide bonds. The minimum absolute atomic E-state index is 0.00161. The van der Waals surface area contributed by atoms with Crippen molar-refractivity contribution in [2.75, 3.05) is 92.6 Å². The van der Waals surface area contributed by atoms with Gasteiger partial charge >= 0.3 is 0 Å². The van der Waals surface area contributed by atoms with Crippen LogP contribution in [0.2, 0.25) is 0 Å². The van der Waals surface area contributed by atoms with E-state index in [1.165, 1.54) is 0 Å². The Bertz CT molecular complexity index is 1940. The third-order valence-corrected chi connectivity index (χ3v) is 16.2. The Labute approximate surface area is 526 Å². The lowest BCUT2D eigenvalue weighted by atomic mass is 9.82. The smallest absolute Gasteiger partial charge is 0.222 e. The molecule has 3 heterocycles. The number of unbranched alkanes of at least 4 members (excludes halogenated alkanes) is 1. The molecule has 3 aliphatic rings. The summed E-state index contributed by atoms with van der Waals surface area (Å²) in [6.45, 7) is 4.72. The molecule has 0 aromatic carbocycles. The first-order valence-electron chi connectivity index (χ1n) is 31.6. The zero-order chi connectivity index (χ0) is 66.6. The highest BCUT2D eigenvalue weighted by Crippen LogP contribution is 2.30. The zero-order valence-electron chi connectivity index (χ0n) is 52.7. The van der Waals surface area contributed by atoms with Crippen LogP contribution in [0.25, 0.3) is 0 Å². The van der Waals surface area contributed by atoms with Gasteiger partial charge in [-0.15, -0.1) is 0 Å². The molecule has 3 aliphatic heterocycles. The quantitative estimate of drug-likeness (QED) is 0.0259. The topological polar surface area (TPSA) is 467 Å².